The fourth-order valence-electron chi connectivity index (χ4n) is 3.15. The Morgan fingerprint density at radius 3 is 2.68 bits per heavy atom. The number of carbonyl (C=O) groups is 1. The van der Waals surface area contributed by atoms with Crippen molar-refractivity contribution in [2.45, 2.75) is 4.90 Å². The Balaban J connectivity index is 1.61. The number of morpholine rings is 1. The van der Waals surface area contributed by atoms with Gasteiger partial charge in [0.2, 0.25) is 10.0 Å². The number of sulfonamides is 1. The first kappa shape index (κ1) is 20.9. The van der Waals surface area contributed by atoms with Crippen LogP contribution in [-0.4, -0.2) is 72.3 Å². The van der Waals surface area contributed by atoms with E-state index < -0.39 is 15.9 Å². The number of methoxy groups -OCH3 is 1. The molecule has 1 fully saturated rings. The lowest BCUT2D eigenvalue weighted by atomic mass is 10.2. The van der Waals surface area contributed by atoms with Gasteiger partial charge in [-0.05, 0) is 46.8 Å². The van der Waals surface area contributed by atoms with E-state index in [4.69, 9.17) is 9.47 Å². The van der Waals surface area contributed by atoms with Gasteiger partial charge in [0, 0.05) is 24.3 Å². The van der Waals surface area contributed by atoms with E-state index in [9.17, 15) is 13.2 Å². The lowest BCUT2D eigenvalue weighted by Gasteiger charge is -2.26. The highest BCUT2D eigenvalue weighted by molar-refractivity contribution is 7.89. The Morgan fingerprint density at radius 2 is 1.97 bits per heavy atom. The van der Waals surface area contributed by atoms with Crippen LogP contribution in [0.1, 0.15) is 10.4 Å². The maximum Gasteiger partial charge on any atom is 0.255 e. The molecule has 0 aliphatic carbocycles. The number of hydrogen-bond donors (Lipinski definition) is 1. The Morgan fingerprint density at radius 1 is 1.16 bits per heavy atom. The molecule has 2 aromatic carbocycles. The fourth-order valence-corrected chi connectivity index (χ4v) is 4.74. The Hall–Kier alpha value is -3.35. The molecule has 2 heterocycles. The molecule has 1 aromatic heterocycles. The number of carbonyl (C=O) groups excluding carboxylic acids is 1. The molecule has 0 radical (unpaired) electrons. The van der Waals surface area contributed by atoms with E-state index in [1.54, 1.807) is 24.3 Å². The number of aromatic nitrogens is 4. The number of anilines is 1. The van der Waals surface area contributed by atoms with Gasteiger partial charge in [-0.1, -0.05) is 6.07 Å². The maximum atomic E-state index is 13.1. The van der Waals surface area contributed by atoms with E-state index >= 15 is 0 Å². The van der Waals surface area contributed by atoms with Gasteiger partial charge in [-0.2, -0.15) is 4.31 Å². The van der Waals surface area contributed by atoms with Crippen LogP contribution >= 0.6 is 0 Å². The topological polar surface area (TPSA) is 129 Å². The summed E-state index contributed by atoms with van der Waals surface area (Å²) in [5, 5.41) is 13.8. The summed E-state index contributed by atoms with van der Waals surface area (Å²) in [6.07, 6.45) is 1.44. The number of hydrogen-bond acceptors (Lipinski definition) is 8. The predicted molar refractivity (Wildman–Crippen MR) is 110 cm³/mol. The van der Waals surface area contributed by atoms with Crippen LogP contribution in [0.25, 0.3) is 5.69 Å². The molecule has 4 rings (SSSR count). The van der Waals surface area contributed by atoms with Crippen molar-refractivity contribution in [2.24, 2.45) is 0 Å². The van der Waals surface area contributed by atoms with E-state index in [1.165, 1.54) is 40.6 Å². The minimum Gasteiger partial charge on any atom is -0.495 e. The monoisotopic (exact) mass is 444 g/mol. The predicted octanol–water partition coefficient (Wildman–Crippen LogP) is 0.944. The summed E-state index contributed by atoms with van der Waals surface area (Å²) in [5.74, 6) is -0.293. The van der Waals surface area contributed by atoms with E-state index in [-0.39, 0.29) is 29.3 Å². The van der Waals surface area contributed by atoms with Crippen molar-refractivity contribution in [3.63, 3.8) is 0 Å². The van der Waals surface area contributed by atoms with Crippen LogP contribution in [-0.2, 0) is 14.8 Å². The Labute approximate surface area is 178 Å². The van der Waals surface area contributed by atoms with E-state index in [2.05, 4.69) is 20.8 Å². The smallest absolute Gasteiger partial charge is 0.255 e. The number of tetrazole rings is 1. The molecule has 31 heavy (non-hydrogen) atoms. The average molecular weight is 444 g/mol. The molecule has 0 atom stereocenters. The van der Waals surface area contributed by atoms with Gasteiger partial charge in [0.25, 0.3) is 5.91 Å². The molecule has 0 unspecified atom stereocenters. The van der Waals surface area contributed by atoms with Gasteiger partial charge >= 0.3 is 0 Å². The largest absolute Gasteiger partial charge is 0.495 e. The standard InChI is InChI=1S/C19H20N6O5S/c1-29-17-6-5-14(11-18(17)31(27,28)24-7-9-30-10-8-24)19(26)21-15-3-2-4-16(12-15)25-13-20-22-23-25/h2-6,11-13H,7-10H2,1H3,(H,21,26). The van der Waals surface area contributed by atoms with Crippen LogP contribution in [0.15, 0.2) is 53.7 Å². The normalized spacial score (nSPS) is 14.9. The zero-order valence-corrected chi connectivity index (χ0v) is 17.4. The molecule has 1 aliphatic rings. The van der Waals surface area contributed by atoms with Gasteiger partial charge in [-0.3, -0.25) is 4.79 Å². The highest BCUT2D eigenvalue weighted by Gasteiger charge is 2.30. The molecule has 162 valence electrons. The summed E-state index contributed by atoms with van der Waals surface area (Å²) in [4.78, 5) is 12.8. The minimum atomic E-state index is -3.85. The third kappa shape index (κ3) is 4.40. The number of rotatable bonds is 6. The van der Waals surface area contributed by atoms with E-state index in [0.29, 0.717) is 24.6 Å². The number of amides is 1. The van der Waals surface area contributed by atoms with Gasteiger partial charge in [-0.15, -0.1) is 5.10 Å². The second-order valence-electron chi connectivity index (χ2n) is 6.64. The van der Waals surface area contributed by atoms with Crippen molar-refractivity contribution in [2.75, 3.05) is 38.7 Å². The van der Waals surface area contributed by atoms with Crippen LogP contribution in [0.3, 0.4) is 0 Å². The minimum absolute atomic E-state index is 0.0630. The highest BCUT2D eigenvalue weighted by atomic mass is 32.2. The first-order valence-electron chi connectivity index (χ1n) is 9.40. The van der Waals surface area contributed by atoms with Crippen LogP contribution in [0.2, 0.25) is 0 Å². The quantitative estimate of drug-likeness (QED) is 0.595. The van der Waals surface area contributed by atoms with Crippen molar-refractivity contribution in [1.29, 1.82) is 0 Å². The maximum absolute atomic E-state index is 13.1. The summed E-state index contributed by atoms with van der Waals surface area (Å²) in [6.45, 7) is 1.12. The molecule has 1 amide bonds. The molecular formula is C19H20N6O5S. The number of nitrogens with one attached hydrogen (secondary N) is 1. The van der Waals surface area contributed by atoms with Crippen molar-refractivity contribution in [3.05, 3.63) is 54.4 Å². The van der Waals surface area contributed by atoms with Crippen LogP contribution in [0.4, 0.5) is 5.69 Å². The molecule has 1 saturated heterocycles. The second-order valence-corrected chi connectivity index (χ2v) is 8.55. The summed E-state index contributed by atoms with van der Waals surface area (Å²) in [5.41, 5.74) is 1.35. The van der Waals surface area contributed by atoms with Crippen molar-refractivity contribution in [1.82, 2.24) is 24.5 Å². The van der Waals surface area contributed by atoms with Gasteiger partial charge in [0.15, 0.2) is 0 Å². The molecule has 11 nitrogen and oxygen atoms in total. The van der Waals surface area contributed by atoms with Crippen molar-refractivity contribution in [3.8, 4) is 11.4 Å². The summed E-state index contributed by atoms with van der Waals surface area (Å²) in [7, 11) is -2.46. The Kier molecular flexibility index (Phi) is 5.93. The highest BCUT2D eigenvalue weighted by Crippen LogP contribution is 2.29. The Bertz CT molecular complexity index is 1180. The number of ether oxygens (including phenoxy) is 2. The molecule has 1 aliphatic heterocycles. The lowest BCUT2D eigenvalue weighted by Crippen LogP contribution is -2.40. The first-order chi connectivity index (χ1) is 15.0. The lowest BCUT2D eigenvalue weighted by molar-refractivity contribution is 0.0729. The van der Waals surface area contributed by atoms with Crippen molar-refractivity contribution >= 4 is 21.6 Å². The summed E-state index contributed by atoms with van der Waals surface area (Å²) < 4.78 is 39.5. The fraction of sp³-hybridized carbons (Fsp3) is 0.263. The third-order valence-corrected chi connectivity index (χ3v) is 6.65. The molecule has 0 bridgehead atoms. The summed E-state index contributed by atoms with van der Waals surface area (Å²) >= 11 is 0. The SMILES string of the molecule is COc1ccc(C(=O)Nc2cccc(-n3cnnn3)c2)cc1S(=O)(=O)N1CCOCC1. The van der Waals surface area contributed by atoms with E-state index in [0.717, 1.165) is 0 Å². The first-order valence-corrected chi connectivity index (χ1v) is 10.8. The molecule has 1 N–H and O–H groups in total. The van der Waals surface area contributed by atoms with Gasteiger partial charge in [0.05, 0.1) is 26.0 Å². The van der Waals surface area contributed by atoms with Gasteiger partial charge in [0.1, 0.15) is 17.0 Å². The van der Waals surface area contributed by atoms with Gasteiger partial charge < -0.3 is 14.8 Å². The third-order valence-electron chi connectivity index (χ3n) is 4.73. The molecular weight excluding hydrogens is 424 g/mol. The zero-order chi connectivity index (χ0) is 21.8. The van der Waals surface area contributed by atoms with Crippen LogP contribution in [0.5, 0.6) is 5.75 Å². The summed E-state index contributed by atoms with van der Waals surface area (Å²) in [6, 6.07) is 11.2. The molecule has 3 aromatic rings. The molecule has 12 heteroatoms. The average Bonchev–Trinajstić information content (AvgIpc) is 3.34. The molecule has 0 spiro atoms. The van der Waals surface area contributed by atoms with Gasteiger partial charge in [-0.25, -0.2) is 13.1 Å². The zero-order valence-electron chi connectivity index (χ0n) is 16.6. The number of nitrogens with zero attached hydrogens (tertiary/aromatic N) is 5. The van der Waals surface area contributed by atoms with E-state index in [1.807, 2.05) is 0 Å². The van der Waals surface area contributed by atoms with Crippen LogP contribution < -0.4 is 10.1 Å². The van der Waals surface area contributed by atoms with Crippen molar-refractivity contribution < 1.29 is 22.7 Å². The van der Waals surface area contributed by atoms with Crippen LogP contribution in [0, 0.1) is 0 Å². The molecule has 0 saturated carbocycles. The number of benzene rings is 2. The second kappa shape index (κ2) is 8.79.